The van der Waals surface area contributed by atoms with E-state index in [1.165, 1.54) is 17.7 Å². The number of nitrogens with two attached hydrogens (primary N) is 1. The van der Waals surface area contributed by atoms with Crippen molar-refractivity contribution >= 4 is 5.91 Å². The minimum Gasteiger partial charge on any atom is -0.468 e. The quantitative estimate of drug-likeness (QED) is 0.387. The molecular formula is C9H14N4O3. The molecule has 1 rings (SSSR count). The molecule has 0 aliphatic carbocycles. The van der Waals surface area contributed by atoms with Crippen LogP contribution in [0.5, 0.6) is 6.01 Å². The lowest BCUT2D eigenvalue weighted by atomic mass is 10.4. The summed E-state index contributed by atoms with van der Waals surface area (Å²) in [6.45, 7) is 1.87. The van der Waals surface area contributed by atoms with E-state index in [0.717, 1.165) is 0 Å². The fraction of sp³-hybridized carbons (Fsp3) is 0.444. The number of carbonyl (C=O) groups is 1. The second-order valence-corrected chi connectivity index (χ2v) is 3.19. The Morgan fingerprint density at radius 3 is 2.94 bits per heavy atom. The number of methoxy groups -OCH3 is 1. The summed E-state index contributed by atoms with van der Waals surface area (Å²) in [5.41, 5.74) is 2.30. The maximum Gasteiger partial charge on any atom is 0.299 e. The average molecular weight is 226 g/mol. The molecule has 7 heteroatoms. The van der Waals surface area contributed by atoms with E-state index in [2.05, 4.69) is 4.98 Å². The average Bonchev–Trinajstić information content (AvgIpc) is 2.26. The predicted molar refractivity (Wildman–Crippen MR) is 56.7 cm³/mol. The van der Waals surface area contributed by atoms with Crippen molar-refractivity contribution in [3.05, 3.63) is 22.1 Å². The van der Waals surface area contributed by atoms with E-state index in [1.54, 1.807) is 6.92 Å². The van der Waals surface area contributed by atoms with Crippen molar-refractivity contribution in [1.29, 1.82) is 0 Å². The molecule has 0 aliphatic heterocycles. The Labute approximate surface area is 92.2 Å². The summed E-state index contributed by atoms with van der Waals surface area (Å²) < 4.78 is 6.24. The minimum atomic E-state index is -0.352. The number of aryl methyl sites for hydroxylation is 1. The Balaban J connectivity index is 2.94. The maximum atomic E-state index is 11.6. The summed E-state index contributed by atoms with van der Waals surface area (Å²) in [6.07, 6.45) is 0.0947. The van der Waals surface area contributed by atoms with Gasteiger partial charge >= 0.3 is 0 Å². The van der Waals surface area contributed by atoms with Crippen LogP contribution in [-0.4, -0.2) is 22.6 Å². The summed E-state index contributed by atoms with van der Waals surface area (Å²) in [7, 11) is 1.42. The zero-order valence-corrected chi connectivity index (χ0v) is 9.19. The molecule has 1 aromatic rings. The number of carbonyl (C=O) groups excluding carboxylic acids is 1. The summed E-state index contributed by atoms with van der Waals surface area (Å²) in [5, 5.41) is 0. The lowest BCUT2D eigenvalue weighted by Crippen LogP contribution is -2.32. The first-order valence-corrected chi connectivity index (χ1v) is 4.70. The molecule has 3 N–H and O–H groups in total. The Morgan fingerprint density at radius 1 is 1.69 bits per heavy atom. The minimum absolute atomic E-state index is 0.0947. The van der Waals surface area contributed by atoms with Gasteiger partial charge in [-0.25, -0.2) is 10.8 Å². The number of aromatic nitrogens is 2. The number of hydrogen-bond acceptors (Lipinski definition) is 5. The van der Waals surface area contributed by atoms with Crippen molar-refractivity contribution in [1.82, 2.24) is 15.0 Å². The lowest BCUT2D eigenvalue weighted by Gasteiger charge is -2.10. The highest BCUT2D eigenvalue weighted by molar-refractivity contribution is 5.75. The van der Waals surface area contributed by atoms with Crippen molar-refractivity contribution in [3.8, 4) is 6.01 Å². The fourth-order valence-corrected chi connectivity index (χ4v) is 1.24. The molecule has 7 nitrogen and oxygen atoms in total. The van der Waals surface area contributed by atoms with Gasteiger partial charge in [0.15, 0.2) is 0 Å². The van der Waals surface area contributed by atoms with Crippen LogP contribution in [0.3, 0.4) is 0 Å². The van der Waals surface area contributed by atoms with Crippen molar-refractivity contribution in [2.24, 2.45) is 5.84 Å². The molecule has 1 heterocycles. The number of nitrogens with one attached hydrogen (secondary N) is 1. The molecule has 16 heavy (non-hydrogen) atoms. The normalized spacial score (nSPS) is 9.94. The third-order valence-electron chi connectivity index (χ3n) is 2.01. The predicted octanol–water partition coefficient (Wildman–Crippen LogP) is -1.06. The van der Waals surface area contributed by atoms with Gasteiger partial charge in [0.1, 0.15) is 0 Å². The van der Waals surface area contributed by atoms with Crippen LogP contribution in [0.1, 0.15) is 12.1 Å². The summed E-state index contributed by atoms with van der Waals surface area (Å²) in [6, 6.07) is 1.57. The largest absolute Gasteiger partial charge is 0.468 e. The SMILES string of the molecule is COc1nc(C)cc(=O)n1CCC(=O)NN. The molecule has 0 bridgehead atoms. The Hall–Kier alpha value is -1.89. The van der Waals surface area contributed by atoms with E-state index in [4.69, 9.17) is 10.6 Å². The third kappa shape index (κ3) is 2.80. The molecule has 1 aromatic heterocycles. The summed E-state index contributed by atoms with van der Waals surface area (Å²) >= 11 is 0. The van der Waals surface area contributed by atoms with Crippen LogP contribution in [0, 0.1) is 6.92 Å². The van der Waals surface area contributed by atoms with Gasteiger partial charge in [-0.1, -0.05) is 0 Å². The molecule has 0 saturated heterocycles. The van der Waals surface area contributed by atoms with Crippen LogP contribution in [0.25, 0.3) is 0 Å². The number of hydrazine groups is 1. The van der Waals surface area contributed by atoms with Gasteiger partial charge in [0.05, 0.1) is 7.11 Å². The van der Waals surface area contributed by atoms with E-state index in [9.17, 15) is 9.59 Å². The number of nitrogens with zero attached hydrogens (tertiary/aromatic N) is 2. The van der Waals surface area contributed by atoms with Gasteiger partial charge in [0, 0.05) is 24.7 Å². The highest BCUT2D eigenvalue weighted by Gasteiger charge is 2.08. The first-order valence-electron chi connectivity index (χ1n) is 4.70. The van der Waals surface area contributed by atoms with Gasteiger partial charge in [0.2, 0.25) is 5.91 Å². The molecule has 0 radical (unpaired) electrons. The maximum absolute atomic E-state index is 11.6. The lowest BCUT2D eigenvalue weighted by molar-refractivity contribution is -0.121. The highest BCUT2D eigenvalue weighted by atomic mass is 16.5. The molecule has 0 aromatic carbocycles. The third-order valence-corrected chi connectivity index (χ3v) is 2.01. The van der Waals surface area contributed by atoms with Gasteiger partial charge in [-0.3, -0.25) is 19.6 Å². The number of rotatable bonds is 4. The van der Waals surface area contributed by atoms with E-state index in [1.807, 2.05) is 5.43 Å². The molecule has 88 valence electrons. The molecular weight excluding hydrogens is 212 g/mol. The van der Waals surface area contributed by atoms with E-state index in [0.29, 0.717) is 5.69 Å². The topological polar surface area (TPSA) is 99.2 Å². The van der Waals surface area contributed by atoms with Crippen LogP contribution in [0.15, 0.2) is 10.9 Å². The van der Waals surface area contributed by atoms with Crippen molar-refractivity contribution in [2.45, 2.75) is 19.9 Å². The van der Waals surface area contributed by atoms with Gasteiger partial charge in [-0.2, -0.15) is 0 Å². The number of amides is 1. The van der Waals surface area contributed by atoms with Crippen LogP contribution in [-0.2, 0) is 11.3 Å². The Morgan fingerprint density at radius 2 is 2.38 bits per heavy atom. The molecule has 0 spiro atoms. The van der Waals surface area contributed by atoms with Gasteiger partial charge < -0.3 is 4.74 Å². The first kappa shape index (κ1) is 12.2. The second-order valence-electron chi connectivity index (χ2n) is 3.19. The molecule has 1 amide bonds. The van der Waals surface area contributed by atoms with Gasteiger partial charge in [-0.05, 0) is 6.92 Å². The zero-order valence-electron chi connectivity index (χ0n) is 9.19. The highest BCUT2D eigenvalue weighted by Crippen LogP contribution is 2.04. The standard InChI is InChI=1S/C9H14N4O3/c1-6-5-8(15)13(9(11-6)16-2)4-3-7(14)12-10/h5H,3-4,10H2,1-2H3,(H,12,14). The number of hydrogen-bond donors (Lipinski definition) is 2. The molecule has 0 fully saturated rings. The van der Waals surface area contributed by atoms with Crippen LogP contribution >= 0.6 is 0 Å². The Kier molecular flexibility index (Phi) is 4.01. The van der Waals surface area contributed by atoms with Crippen LogP contribution < -0.4 is 21.6 Å². The van der Waals surface area contributed by atoms with E-state index in [-0.39, 0.29) is 30.4 Å². The van der Waals surface area contributed by atoms with Crippen molar-refractivity contribution < 1.29 is 9.53 Å². The number of ether oxygens (including phenoxy) is 1. The zero-order chi connectivity index (χ0) is 12.1. The van der Waals surface area contributed by atoms with E-state index >= 15 is 0 Å². The Bertz CT molecular complexity index is 441. The second kappa shape index (κ2) is 5.26. The fourth-order valence-electron chi connectivity index (χ4n) is 1.24. The van der Waals surface area contributed by atoms with Crippen LogP contribution in [0.4, 0.5) is 0 Å². The van der Waals surface area contributed by atoms with Crippen LogP contribution in [0.2, 0.25) is 0 Å². The smallest absolute Gasteiger partial charge is 0.299 e. The molecule has 0 aliphatic rings. The molecule has 0 atom stereocenters. The molecule has 0 saturated carbocycles. The first-order chi connectivity index (χ1) is 7.58. The van der Waals surface area contributed by atoms with Gasteiger partial charge in [0.25, 0.3) is 11.6 Å². The van der Waals surface area contributed by atoms with Crippen molar-refractivity contribution in [3.63, 3.8) is 0 Å². The molecule has 0 unspecified atom stereocenters. The summed E-state index contributed by atoms with van der Waals surface area (Å²) in [5.74, 6) is 4.58. The van der Waals surface area contributed by atoms with Gasteiger partial charge in [-0.15, -0.1) is 0 Å². The van der Waals surface area contributed by atoms with Crippen molar-refractivity contribution in [2.75, 3.05) is 7.11 Å². The monoisotopic (exact) mass is 226 g/mol. The summed E-state index contributed by atoms with van der Waals surface area (Å²) in [4.78, 5) is 26.6. The van der Waals surface area contributed by atoms with E-state index < -0.39 is 0 Å².